The number of benzene rings is 1. The molecule has 0 atom stereocenters. The molecule has 0 bridgehead atoms. The van der Waals surface area contributed by atoms with Crippen LogP contribution in [0.5, 0.6) is 0 Å². The summed E-state index contributed by atoms with van der Waals surface area (Å²) in [5.41, 5.74) is -0.568. The van der Waals surface area contributed by atoms with Crippen LogP contribution < -0.4 is 0 Å². The summed E-state index contributed by atoms with van der Waals surface area (Å²) in [6, 6.07) is 5.97. The largest absolute Gasteiger partial charge is 0.417 e. The number of pyridine rings is 1. The molecule has 0 spiro atoms. The van der Waals surface area contributed by atoms with E-state index in [1.807, 2.05) is 0 Å². The van der Waals surface area contributed by atoms with Crippen LogP contribution in [0.15, 0.2) is 36.5 Å². The fraction of sp³-hybridized carbons (Fsp3) is 0.154. The summed E-state index contributed by atoms with van der Waals surface area (Å²) < 4.78 is 51.0. The normalized spacial score (nSPS) is 11.6. The lowest BCUT2D eigenvalue weighted by molar-refractivity contribution is -0.137. The Labute approximate surface area is 106 Å². The highest BCUT2D eigenvalue weighted by Gasteiger charge is 2.31. The number of aliphatic hydroxyl groups is 1. The zero-order valence-electron chi connectivity index (χ0n) is 9.58. The molecule has 0 amide bonds. The Hall–Kier alpha value is -1.95. The van der Waals surface area contributed by atoms with Gasteiger partial charge in [-0.15, -0.1) is 0 Å². The maximum Gasteiger partial charge on any atom is 0.417 e. The molecule has 6 heteroatoms. The molecule has 1 heterocycles. The molecule has 0 unspecified atom stereocenters. The predicted octanol–water partition coefficient (Wildman–Crippen LogP) is 3.40. The molecule has 0 aliphatic carbocycles. The van der Waals surface area contributed by atoms with Crippen LogP contribution in [0.4, 0.5) is 17.6 Å². The van der Waals surface area contributed by atoms with Crippen molar-refractivity contribution in [2.24, 2.45) is 0 Å². The van der Waals surface area contributed by atoms with E-state index in [2.05, 4.69) is 4.98 Å². The Bertz CT molecular complexity index is 595. The fourth-order valence-electron chi connectivity index (χ4n) is 1.68. The zero-order valence-corrected chi connectivity index (χ0v) is 9.58. The van der Waals surface area contributed by atoms with Crippen LogP contribution in [0.1, 0.15) is 11.3 Å². The molecular formula is C13H9F4NO. The average molecular weight is 271 g/mol. The number of halogens is 4. The summed E-state index contributed by atoms with van der Waals surface area (Å²) in [5, 5.41) is 9.11. The summed E-state index contributed by atoms with van der Waals surface area (Å²) in [6.45, 7) is -0.524. The van der Waals surface area contributed by atoms with Crippen LogP contribution in [0.2, 0.25) is 0 Å². The van der Waals surface area contributed by atoms with Crippen molar-refractivity contribution in [3.63, 3.8) is 0 Å². The van der Waals surface area contributed by atoms with E-state index in [9.17, 15) is 17.6 Å². The molecule has 0 saturated heterocycles. The molecule has 1 N–H and O–H groups in total. The molecule has 0 radical (unpaired) electrons. The highest BCUT2D eigenvalue weighted by Crippen LogP contribution is 2.33. The van der Waals surface area contributed by atoms with Gasteiger partial charge in [0, 0.05) is 11.8 Å². The third-order valence-corrected chi connectivity index (χ3v) is 2.58. The number of aliphatic hydroxyl groups excluding tert-OH is 1. The van der Waals surface area contributed by atoms with Crippen molar-refractivity contribution in [1.29, 1.82) is 0 Å². The quantitative estimate of drug-likeness (QED) is 0.849. The van der Waals surface area contributed by atoms with E-state index >= 15 is 0 Å². The van der Waals surface area contributed by atoms with E-state index in [1.165, 1.54) is 18.2 Å². The van der Waals surface area contributed by atoms with Crippen LogP contribution in [0, 0.1) is 5.82 Å². The zero-order chi connectivity index (χ0) is 14.0. The van der Waals surface area contributed by atoms with Gasteiger partial charge in [0.1, 0.15) is 5.82 Å². The van der Waals surface area contributed by atoms with Gasteiger partial charge in [-0.1, -0.05) is 12.1 Å². The van der Waals surface area contributed by atoms with Crippen molar-refractivity contribution in [3.05, 3.63) is 53.6 Å². The van der Waals surface area contributed by atoms with Gasteiger partial charge in [0.05, 0.1) is 17.9 Å². The molecular weight excluding hydrogens is 262 g/mol. The van der Waals surface area contributed by atoms with E-state index in [0.717, 1.165) is 12.1 Å². The van der Waals surface area contributed by atoms with Crippen LogP contribution in [0.25, 0.3) is 11.1 Å². The van der Waals surface area contributed by atoms with E-state index in [-0.39, 0.29) is 16.8 Å². The Morgan fingerprint density at radius 2 is 1.89 bits per heavy atom. The minimum Gasteiger partial charge on any atom is -0.390 e. The van der Waals surface area contributed by atoms with Crippen molar-refractivity contribution < 1.29 is 22.7 Å². The summed E-state index contributed by atoms with van der Waals surface area (Å²) in [6.07, 6.45) is -3.89. The van der Waals surface area contributed by atoms with Gasteiger partial charge in [-0.25, -0.2) is 4.39 Å². The third-order valence-electron chi connectivity index (χ3n) is 2.58. The molecule has 19 heavy (non-hydrogen) atoms. The Kier molecular flexibility index (Phi) is 3.53. The average Bonchev–Trinajstić information content (AvgIpc) is 2.37. The number of alkyl halides is 3. The monoisotopic (exact) mass is 271 g/mol. The Balaban J connectivity index is 2.60. The van der Waals surface area contributed by atoms with Gasteiger partial charge in [-0.2, -0.15) is 13.2 Å². The van der Waals surface area contributed by atoms with Gasteiger partial charge in [0.15, 0.2) is 0 Å². The minimum atomic E-state index is -4.54. The molecule has 100 valence electrons. The standard InChI is InChI=1S/C13H9F4NO/c14-10-3-1-2-8(4-10)11-5-9(13(15,16)17)6-18-12(11)7-19/h1-6,19H,7H2. The predicted molar refractivity (Wildman–Crippen MR) is 60.6 cm³/mol. The summed E-state index contributed by atoms with van der Waals surface area (Å²) in [7, 11) is 0. The Morgan fingerprint density at radius 1 is 1.16 bits per heavy atom. The summed E-state index contributed by atoms with van der Waals surface area (Å²) in [5.74, 6) is -0.571. The van der Waals surface area contributed by atoms with Crippen molar-refractivity contribution in [3.8, 4) is 11.1 Å². The highest BCUT2D eigenvalue weighted by atomic mass is 19.4. The first kappa shape index (κ1) is 13.5. The van der Waals surface area contributed by atoms with Crippen LogP contribution in [-0.2, 0) is 12.8 Å². The minimum absolute atomic E-state index is 0.0665. The van der Waals surface area contributed by atoms with Gasteiger partial charge >= 0.3 is 6.18 Å². The second-order valence-corrected chi connectivity index (χ2v) is 3.88. The van der Waals surface area contributed by atoms with E-state index < -0.39 is 24.2 Å². The van der Waals surface area contributed by atoms with E-state index in [1.54, 1.807) is 0 Å². The number of hydrogen-bond donors (Lipinski definition) is 1. The van der Waals surface area contributed by atoms with Gasteiger partial charge in [-0.3, -0.25) is 4.98 Å². The smallest absolute Gasteiger partial charge is 0.390 e. The molecule has 2 aromatic rings. The van der Waals surface area contributed by atoms with Crippen molar-refractivity contribution in [1.82, 2.24) is 4.98 Å². The molecule has 1 aromatic carbocycles. The topological polar surface area (TPSA) is 33.1 Å². The van der Waals surface area contributed by atoms with Crippen molar-refractivity contribution in [2.75, 3.05) is 0 Å². The number of hydrogen-bond acceptors (Lipinski definition) is 2. The maximum atomic E-state index is 13.1. The fourth-order valence-corrected chi connectivity index (χ4v) is 1.68. The molecule has 0 aliphatic heterocycles. The van der Waals surface area contributed by atoms with E-state index in [0.29, 0.717) is 6.20 Å². The lowest BCUT2D eigenvalue weighted by Crippen LogP contribution is -2.07. The highest BCUT2D eigenvalue weighted by molar-refractivity contribution is 5.66. The summed E-state index contributed by atoms with van der Waals surface area (Å²) >= 11 is 0. The Morgan fingerprint density at radius 3 is 2.47 bits per heavy atom. The van der Waals surface area contributed by atoms with Gasteiger partial charge in [0.25, 0.3) is 0 Å². The molecule has 0 aliphatic rings. The molecule has 2 nitrogen and oxygen atoms in total. The third kappa shape index (κ3) is 2.90. The lowest BCUT2D eigenvalue weighted by Gasteiger charge is -2.11. The second-order valence-electron chi connectivity index (χ2n) is 3.88. The van der Waals surface area contributed by atoms with Gasteiger partial charge < -0.3 is 5.11 Å². The van der Waals surface area contributed by atoms with E-state index in [4.69, 9.17) is 5.11 Å². The maximum absolute atomic E-state index is 13.1. The van der Waals surface area contributed by atoms with Crippen LogP contribution >= 0.6 is 0 Å². The van der Waals surface area contributed by atoms with Gasteiger partial charge in [0.2, 0.25) is 0 Å². The lowest BCUT2D eigenvalue weighted by atomic mass is 10.0. The number of rotatable bonds is 2. The molecule has 0 saturated carbocycles. The second kappa shape index (κ2) is 4.97. The first-order valence-corrected chi connectivity index (χ1v) is 5.34. The number of nitrogens with zero attached hydrogens (tertiary/aromatic N) is 1. The van der Waals surface area contributed by atoms with Crippen LogP contribution in [0.3, 0.4) is 0 Å². The van der Waals surface area contributed by atoms with Gasteiger partial charge in [-0.05, 0) is 23.8 Å². The molecule has 0 fully saturated rings. The molecule has 1 aromatic heterocycles. The number of aromatic nitrogens is 1. The van der Waals surface area contributed by atoms with Crippen molar-refractivity contribution >= 4 is 0 Å². The van der Waals surface area contributed by atoms with Crippen LogP contribution in [-0.4, -0.2) is 10.1 Å². The molecule has 2 rings (SSSR count). The first-order chi connectivity index (χ1) is 8.91. The van der Waals surface area contributed by atoms with Crippen molar-refractivity contribution in [2.45, 2.75) is 12.8 Å². The SMILES string of the molecule is OCc1ncc(C(F)(F)F)cc1-c1cccc(F)c1. The summed E-state index contributed by atoms with van der Waals surface area (Å²) in [4.78, 5) is 3.58. The first-order valence-electron chi connectivity index (χ1n) is 5.34.